The van der Waals surface area contributed by atoms with Crippen LogP contribution in [0.3, 0.4) is 0 Å². The van der Waals surface area contributed by atoms with Crippen molar-refractivity contribution in [3.05, 3.63) is 57.6 Å². The van der Waals surface area contributed by atoms with Crippen molar-refractivity contribution in [3.63, 3.8) is 0 Å². The fourth-order valence-electron chi connectivity index (χ4n) is 2.52. The van der Waals surface area contributed by atoms with Crippen LogP contribution in [0.25, 0.3) is 0 Å². The molecule has 0 unspecified atom stereocenters. The number of nitrogens with zero attached hydrogens (tertiary/aromatic N) is 1. The molecule has 24 heavy (non-hydrogen) atoms. The van der Waals surface area contributed by atoms with Gasteiger partial charge in [0.05, 0.1) is 16.2 Å². The van der Waals surface area contributed by atoms with Gasteiger partial charge in [0, 0.05) is 12.5 Å². The molecule has 3 rings (SSSR count). The largest absolute Gasteiger partial charge is 0.454 e. The zero-order chi connectivity index (χ0) is 17.1. The lowest BCUT2D eigenvalue weighted by molar-refractivity contribution is -0.385. The Bertz CT molecular complexity index is 804. The van der Waals surface area contributed by atoms with E-state index in [0.29, 0.717) is 29.2 Å². The minimum atomic E-state index is -0.461. The van der Waals surface area contributed by atoms with Gasteiger partial charge < -0.3 is 14.8 Å². The lowest BCUT2D eigenvalue weighted by Crippen LogP contribution is -2.13. The molecule has 2 aromatic carbocycles. The van der Waals surface area contributed by atoms with Gasteiger partial charge in [0.1, 0.15) is 0 Å². The van der Waals surface area contributed by atoms with Gasteiger partial charge in [-0.2, -0.15) is 0 Å². The average molecular weight is 328 g/mol. The first-order chi connectivity index (χ1) is 11.5. The molecule has 0 bridgehead atoms. The summed E-state index contributed by atoms with van der Waals surface area (Å²) < 4.78 is 10.6. The standard InChI is InChI=1S/C17H16N2O5/c1-11-13(3-2-4-14(11)19(21)22)18-17(20)8-6-12-5-7-15-16(9-12)24-10-23-15/h2-5,7,9H,6,8,10H2,1H3,(H,18,20). The van der Waals surface area contributed by atoms with Crippen molar-refractivity contribution in [2.24, 2.45) is 0 Å². The molecule has 7 heteroatoms. The zero-order valence-electron chi connectivity index (χ0n) is 13.1. The summed E-state index contributed by atoms with van der Waals surface area (Å²) in [6.07, 6.45) is 0.804. The molecular weight excluding hydrogens is 312 g/mol. The minimum absolute atomic E-state index is 0.0106. The Kier molecular flexibility index (Phi) is 4.33. The van der Waals surface area contributed by atoms with Gasteiger partial charge in [-0.25, -0.2) is 0 Å². The van der Waals surface area contributed by atoms with Crippen LogP contribution >= 0.6 is 0 Å². The van der Waals surface area contributed by atoms with Gasteiger partial charge in [-0.15, -0.1) is 0 Å². The summed E-state index contributed by atoms with van der Waals surface area (Å²) in [7, 11) is 0. The molecule has 124 valence electrons. The highest BCUT2D eigenvalue weighted by atomic mass is 16.7. The SMILES string of the molecule is Cc1c(NC(=O)CCc2ccc3c(c2)OCO3)cccc1[N+](=O)[O-]. The van der Waals surface area contributed by atoms with Crippen molar-refractivity contribution in [1.82, 2.24) is 0 Å². The predicted molar refractivity (Wildman–Crippen MR) is 87.3 cm³/mol. The van der Waals surface area contributed by atoms with E-state index in [9.17, 15) is 14.9 Å². The van der Waals surface area contributed by atoms with E-state index < -0.39 is 4.92 Å². The maximum Gasteiger partial charge on any atom is 0.274 e. The second-order valence-electron chi connectivity index (χ2n) is 5.44. The smallest absolute Gasteiger partial charge is 0.274 e. The Morgan fingerprint density at radius 2 is 2.04 bits per heavy atom. The molecule has 0 fully saturated rings. The van der Waals surface area contributed by atoms with Gasteiger partial charge >= 0.3 is 0 Å². The monoisotopic (exact) mass is 328 g/mol. The first-order valence-corrected chi connectivity index (χ1v) is 7.47. The van der Waals surface area contributed by atoms with Crippen LogP contribution in [0.1, 0.15) is 17.5 Å². The number of fused-ring (bicyclic) bond motifs is 1. The van der Waals surface area contributed by atoms with Gasteiger partial charge in [0.25, 0.3) is 5.69 Å². The van der Waals surface area contributed by atoms with E-state index in [4.69, 9.17) is 9.47 Å². The first kappa shape index (κ1) is 15.8. The van der Waals surface area contributed by atoms with E-state index >= 15 is 0 Å². The number of anilines is 1. The number of hydrogen-bond donors (Lipinski definition) is 1. The van der Waals surface area contributed by atoms with E-state index in [1.165, 1.54) is 6.07 Å². The summed E-state index contributed by atoms with van der Waals surface area (Å²) in [5.41, 5.74) is 1.85. The molecule has 0 saturated heterocycles. The van der Waals surface area contributed by atoms with E-state index in [-0.39, 0.29) is 24.8 Å². The summed E-state index contributed by atoms with van der Waals surface area (Å²) in [4.78, 5) is 22.6. The number of benzene rings is 2. The van der Waals surface area contributed by atoms with Crippen LogP contribution in [0.15, 0.2) is 36.4 Å². The van der Waals surface area contributed by atoms with Crippen molar-refractivity contribution in [1.29, 1.82) is 0 Å². The number of ether oxygens (including phenoxy) is 2. The molecule has 1 aliphatic heterocycles. The zero-order valence-corrected chi connectivity index (χ0v) is 13.1. The second-order valence-corrected chi connectivity index (χ2v) is 5.44. The molecule has 0 aromatic heterocycles. The maximum absolute atomic E-state index is 12.1. The fraction of sp³-hybridized carbons (Fsp3) is 0.235. The molecule has 0 aliphatic carbocycles. The van der Waals surface area contributed by atoms with Crippen molar-refractivity contribution in [2.75, 3.05) is 12.1 Å². The first-order valence-electron chi connectivity index (χ1n) is 7.47. The minimum Gasteiger partial charge on any atom is -0.454 e. The predicted octanol–water partition coefficient (Wildman–Crippen LogP) is 3.20. The van der Waals surface area contributed by atoms with Crippen LogP contribution < -0.4 is 14.8 Å². The van der Waals surface area contributed by atoms with Gasteiger partial charge in [0.2, 0.25) is 12.7 Å². The van der Waals surface area contributed by atoms with Crippen LogP contribution in [0.4, 0.5) is 11.4 Å². The third-order valence-corrected chi connectivity index (χ3v) is 3.85. The van der Waals surface area contributed by atoms with Crippen molar-refractivity contribution in [2.45, 2.75) is 19.8 Å². The topological polar surface area (TPSA) is 90.7 Å². The highest BCUT2D eigenvalue weighted by Crippen LogP contribution is 2.32. The molecule has 1 aliphatic rings. The summed E-state index contributed by atoms with van der Waals surface area (Å²) in [6.45, 7) is 1.83. The number of hydrogen-bond acceptors (Lipinski definition) is 5. The van der Waals surface area contributed by atoms with E-state index in [1.807, 2.05) is 18.2 Å². The summed E-state index contributed by atoms with van der Waals surface area (Å²) in [6, 6.07) is 10.2. The molecule has 1 N–H and O–H groups in total. The van der Waals surface area contributed by atoms with Gasteiger partial charge in [-0.05, 0) is 37.1 Å². The highest BCUT2D eigenvalue weighted by Gasteiger charge is 2.16. The molecule has 0 saturated carbocycles. The van der Waals surface area contributed by atoms with Crippen molar-refractivity contribution >= 4 is 17.3 Å². The number of nitrogens with one attached hydrogen (secondary N) is 1. The molecule has 7 nitrogen and oxygen atoms in total. The number of rotatable bonds is 5. The Labute approximate surface area is 138 Å². The van der Waals surface area contributed by atoms with E-state index in [2.05, 4.69) is 5.32 Å². The van der Waals surface area contributed by atoms with Crippen LogP contribution in [0.2, 0.25) is 0 Å². The number of nitro benzene ring substituents is 1. The number of nitro groups is 1. The average Bonchev–Trinajstić information content (AvgIpc) is 3.02. The Morgan fingerprint density at radius 3 is 2.83 bits per heavy atom. The third-order valence-electron chi connectivity index (χ3n) is 3.85. The quantitative estimate of drug-likeness (QED) is 0.672. The summed E-state index contributed by atoms with van der Waals surface area (Å²) >= 11 is 0. The van der Waals surface area contributed by atoms with E-state index in [0.717, 1.165) is 5.56 Å². The second kappa shape index (κ2) is 6.57. The lowest BCUT2D eigenvalue weighted by atomic mass is 10.1. The Morgan fingerprint density at radius 1 is 1.25 bits per heavy atom. The van der Waals surface area contributed by atoms with Crippen LogP contribution in [-0.2, 0) is 11.2 Å². The van der Waals surface area contributed by atoms with Crippen LogP contribution in [0.5, 0.6) is 11.5 Å². The van der Waals surface area contributed by atoms with Crippen LogP contribution in [0, 0.1) is 17.0 Å². The number of aryl methyl sites for hydroxylation is 1. The molecule has 1 heterocycles. The summed E-state index contributed by atoms with van der Waals surface area (Å²) in [5.74, 6) is 1.19. The summed E-state index contributed by atoms with van der Waals surface area (Å²) in [5, 5.41) is 13.7. The third kappa shape index (κ3) is 3.29. The van der Waals surface area contributed by atoms with Crippen LogP contribution in [-0.4, -0.2) is 17.6 Å². The van der Waals surface area contributed by atoms with Crippen molar-refractivity contribution in [3.8, 4) is 11.5 Å². The number of amides is 1. The maximum atomic E-state index is 12.1. The fourth-order valence-corrected chi connectivity index (χ4v) is 2.52. The van der Waals surface area contributed by atoms with E-state index in [1.54, 1.807) is 19.1 Å². The van der Waals surface area contributed by atoms with Gasteiger partial charge in [-0.1, -0.05) is 12.1 Å². The highest BCUT2D eigenvalue weighted by molar-refractivity contribution is 5.92. The normalized spacial score (nSPS) is 12.0. The molecule has 0 spiro atoms. The molecule has 0 atom stereocenters. The Hall–Kier alpha value is -3.09. The number of carbonyl (C=O) groups excluding carboxylic acids is 1. The molecule has 2 aromatic rings. The lowest BCUT2D eigenvalue weighted by Gasteiger charge is -2.09. The van der Waals surface area contributed by atoms with Crippen molar-refractivity contribution < 1.29 is 19.2 Å². The molecule has 1 amide bonds. The van der Waals surface area contributed by atoms with Gasteiger partial charge in [0.15, 0.2) is 11.5 Å². The Balaban J connectivity index is 1.62. The van der Waals surface area contributed by atoms with Gasteiger partial charge in [-0.3, -0.25) is 14.9 Å². The molecular formula is C17H16N2O5. The molecule has 0 radical (unpaired) electrons. The number of carbonyl (C=O) groups is 1.